The third-order valence-electron chi connectivity index (χ3n) is 2.12. The van der Waals surface area contributed by atoms with E-state index in [4.69, 9.17) is 5.11 Å². The lowest BCUT2D eigenvalue weighted by Crippen LogP contribution is -2.04. The molecule has 0 amide bonds. The van der Waals surface area contributed by atoms with Crippen LogP contribution in [0, 0.1) is 12.7 Å². The van der Waals surface area contributed by atoms with Crippen LogP contribution in [0.15, 0.2) is 17.0 Å². The molecule has 1 aromatic carbocycles. The molecule has 1 N–H and O–H groups in total. The average molecular weight is 232 g/mol. The summed E-state index contributed by atoms with van der Waals surface area (Å²) in [6.45, 7) is 1.34. The van der Waals surface area contributed by atoms with Gasteiger partial charge in [-0.1, -0.05) is 0 Å². The summed E-state index contributed by atoms with van der Waals surface area (Å²) < 4.78 is 36.0. The van der Waals surface area contributed by atoms with Crippen molar-refractivity contribution in [3.05, 3.63) is 29.1 Å². The lowest BCUT2D eigenvalue weighted by Gasteiger charge is -2.07. The van der Waals surface area contributed by atoms with E-state index in [0.29, 0.717) is 5.56 Å². The summed E-state index contributed by atoms with van der Waals surface area (Å²) in [5.74, 6) is -0.478. The summed E-state index contributed by atoms with van der Waals surface area (Å²) in [6.07, 6.45) is 1.20. The Kier molecular flexibility index (Phi) is 3.46. The van der Waals surface area contributed by atoms with Crippen LogP contribution in [0.25, 0.3) is 0 Å². The number of benzene rings is 1. The van der Waals surface area contributed by atoms with Gasteiger partial charge in [0.15, 0.2) is 9.84 Å². The minimum atomic E-state index is -3.34. The number of aryl methyl sites for hydroxylation is 1. The van der Waals surface area contributed by atoms with Crippen LogP contribution >= 0.6 is 0 Å². The van der Waals surface area contributed by atoms with Crippen LogP contribution in [0.5, 0.6) is 0 Å². The van der Waals surface area contributed by atoms with Gasteiger partial charge in [0.2, 0.25) is 0 Å². The number of aliphatic hydroxyl groups is 1. The number of hydrogen-bond donors (Lipinski definition) is 1. The molecule has 0 bridgehead atoms. The molecule has 15 heavy (non-hydrogen) atoms. The van der Waals surface area contributed by atoms with Gasteiger partial charge in [0.1, 0.15) is 5.82 Å². The largest absolute Gasteiger partial charge is 0.396 e. The van der Waals surface area contributed by atoms with Gasteiger partial charge < -0.3 is 5.11 Å². The monoisotopic (exact) mass is 232 g/mol. The first-order chi connectivity index (χ1) is 6.86. The molecule has 0 atom stereocenters. The molecular weight excluding hydrogens is 219 g/mol. The van der Waals surface area contributed by atoms with Crippen LogP contribution in [0.4, 0.5) is 4.39 Å². The molecule has 5 heteroatoms. The van der Waals surface area contributed by atoms with Crippen LogP contribution in [-0.4, -0.2) is 26.4 Å². The number of hydrogen-bond acceptors (Lipinski definition) is 3. The predicted octanol–water partition coefficient (Wildman–Crippen LogP) is 1.07. The molecule has 0 radical (unpaired) electrons. The van der Waals surface area contributed by atoms with Gasteiger partial charge in [-0.3, -0.25) is 0 Å². The maximum absolute atomic E-state index is 13.3. The highest BCUT2D eigenvalue weighted by atomic mass is 32.2. The quantitative estimate of drug-likeness (QED) is 0.793. The maximum atomic E-state index is 13.3. The van der Waals surface area contributed by atoms with E-state index in [0.717, 1.165) is 6.26 Å². The molecule has 0 spiro atoms. The first-order valence-corrected chi connectivity index (χ1v) is 6.35. The van der Waals surface area contributed by atoms with Crippen molar-refractivity contribution in [3.63, 3.8) is 0 Å². The highest BCUT2D eigenvalue weighted by Gasteiger charge is 2.14. The molecule has 0 heterocycles. The van der Waals surface area contributed by atoms with E-state index in [1.54, 1.807) is 6.92 Å². The van der Waals surface area contributed by atoms with Crippen LogP contribution in [0.2, 0.25) is 0 Å². The summed E-state index contributed by atoms with van der Waals surface area (Å²) >= 11 is 0. The average Bonchev–Trinajstić information content (AvgIpc) is 2.07. The Morgan fingerprint density at radius 3 is 2.47 bits per heavy atom. The fourth-order valence-corrected chi connectivity index (χ4v) is 2.41. The second kappa shape index (κ2) is 4.28. The smallest absolute Gasteiger partial charge is 0.175 e. The Labute approximate surface area is 88.5 Å². The van der Waals surface area contributed by atoms with Crippen LogP contribution in [-0.2, 0) is 16.3 Å². The summed E-state index contributed by atoms with van der Waals surface area (Å²) in [7, 11) is -3.34. The minimum Gasteiger partial charge on any atom is -0.396 e. The van der Waals surface area contributed by atoms with Crippen molar-refractivity contribution in [1.82, 2.24) is 0 Å². The van der Waals surface area contributed by atoms with Crippen molar-refractivity contribution in [2.24, 2.45) is 0 Å². The molecule has 0 saturated carbocycles. The van der Waals surface area contributed by atoms with Crippen molar-refractivity contribution >= 4 is 9.84 Å². The van der Waals surface area contributed by atoms with E-state index < -0.39 is 15.7 Å². The lowest BCUT2D eigenvalue weighted by molar-refractivity contribution is 0.297. The summed E-state index contributed by atoms with van der Waals surface area (Å²) in [6, 6.07) is 2.47. The fraction of sp³-hybridized carbons (Fsp3) is 0.400. The Morgan fingerprint density at radius 1 is 1.40 bits per heavy atom. The van der Waals surface area contributed by atoms with Crippen molar-refractivity contribution in [2.45, 2.75) is 18.2 Å². The van der Waals surface area contributed by atoms with Gasteiger partial charge in [0, 0.05) is 12.9 Å². The number of halogens is 1. The van der Waals surface area contributed by atoms with Crippen molar-refractivity contribution in [1.29, 1.82) is 0 Å². The topological polar surface area (TPSA) is 54.4 Å². The zero-order valence-corrected chi connectivity index (χ0v) is 9.44. The van der Waals surface area contributed by atoms with E-state index in [2.05, 4.69) is 0 Å². The Morgan fingerprint density at radius 2 is 2.00 bits per heavy atom. The third-order valence-corrected chi connectivity index (χ3v) is 3.36. The number of aliphatic hydroxyl groups excluding tert-OH is 1. The molecule has 84 valence electrons. The van der Waals surface area contributed by atoms with Gasteiger partial charge in [0.25, 0.3) is 0 Å². The molecule has 0 unspecified atom stereocenters. The highest BCUT2D eigenvalue weighted by molar-refractivity contribution is 7.90. The second-order valence-electron chi connectivity index (χ2n) is 3.45. The SMILES string of the molecule is Cc1cc(F)c(CCO)cc1S(C)(=O)=O. The van der Waals surface area contributed by atoms with E-state index in [1.807, 2.05) is 0 Å². The highest BCUT2D eigenvalue weighted by Crippen LogP contribution is 2.20. The summed E-state index contributed by atoms with van der Waals surface area (Å²) in [5.41, 5.74) is 0.611. The number of rotatable bonds is 3. The number of sulfone groups is 1. The van der Waals surface area contributed by atoms with Crippen molar-refractivity contribution in [2.75, 3.05) is 12.9 Å². The summed E-state index contributed by atoms with van der Waals surface area (Å²) in [4.78, 5) is 0.118. The Balaban J connectivity index is 3.36. The lowest BCUT2D eigenvalue weighted by atomic mass is 10.1. The van der Waals surface area contributed by atoms with Crippen molar-refractivity contribution < 1.29 is 17.9 Å². The zero-order chi connectivity index (χ0) is 11.6. The van der Waals surface area contributed by atoms with Crippen LogP contribution in [0.3, 0.4) is 0 Å². The van der Waals surface area contributed by atoms with Crippen LogP contribution in [0.1, 0.15) is 11.1 Å². The van der Waals surface area contributed by atoms with Gasteiger partial charge in [-0.2, -0.15) is 0 Å². The molecule has 0 aliphatic carbocycles. The van der Waals surface area contributed by atoms with E-state index >= 15 is 0 Å². The van der Waals surface area contributed by atoms with E-state index in [-0.39, 0.29) is 23.5 Å². The summed E-state index contributed by atoms with van der Waals surface area (Å²) in [5, 5.41) is 8.69. The molecular formula is C10H13FO3S. The maximum Gasteiger partial charge on any atom is 0.175 e. The first kappa shape index (κ1) is 12.1. The van der Waals surface area contributed by atoms with E-state index in [9.17, 15) is 12.8 Å². The van der Waals surface area contributed by atoms with Gasteiger partial charge in [-0.25, -0.2) is 12.8 Å². The Hall–Kier alpha value is -0.940. The molecule has 0 saturated heterocycles. The van der Waals surface area contributed by atoms with Gasteiger partial charge in [-0.15, -0.1) is 0 Å². The van der Waals surface area contributed by atoms with Gasteiger partial charge >= 0.3 is 0 Å². The Bertz CT molecular complexity index is 466. The fourth-order valence-electron chi connectivity index (χ4n) is 1.41. The molecule has 0 aromatic heterocycles. The molecule has 1 rings (SSSR count). The minimum absolute atomic E-state index is 0.118. The predicted molar refractivity (Wildman–Crippen MR) is 55.0 cm³/mol. The molecule has 3 nitrogen and oxygen atoms in total. The normalized spacial score (nSPS) is 11.7. The standard InChI is InChI=1S/C10H13FO3S/c1-7-5-9(11)8(3-4-12)6-10(7)15(2,13)14/h5-6,12H,3-4H2,1-2H3. The van der Waals surface area contributed by atoms with Gasteiger partial charge in [0.05, 0.1) is 4.90 Å². The molecule has 1 aromatic rings. The third kappa shape index (κ3) is 2.76. The van der Waals surface area contributed by atoms with Gasteiger partial charge in [-0.05, 0) is 36.6 Å². The zero-order valence-electron chi connectivity index (χ0n) is 8.62. The first-order valence-electron chi connectivity index (χ1n) is 4.46. The second-order valence-corrected chi connectivity index (χ2v) is 5.44. The molecule has 0 aliphatic heterocycles. The van der Waals surface area contributed by atoms with Crippen molar-refractivity contribution in [3.8, 4) is 0 Å². The molecule has 0 fully saturated rings. The van der Waals surface area contributed by atoms with Crippen LogP contribution < -0.4 is 0 Å². The van der Waals surface area contributed by atoms with E-state index in [1.165, 1.54) is 12.1 Å². The molecule has 0 aliphatic rings.